The van der Waals surface area contributed by atoms with E-state index in [1.54, 1.807) is 0 Å². The summed E-state index contributed by atoms with van der Waals surface area (Å²) in [6.07, 6.45) is 3.38. The van der Waals surface area contributed by atoms with Gasteiger partial charge in [-0.15, -0.1) is 0 Å². The largest absolute Gasteiger partial charge is 0.334 e. The molecule has 0 unspecified atom stereocenters. The number of fused-ring (bicyclic) bond motifs is 1. The van der Waals surface area contributed by atoms with Gasteiger partial charge in [-0.1, -0.05) is 37.6 Å². The number of halogens is 2. The number of pyridine rings is 1. The number of amides is 1. The summed E-state index contributed by atoms with van der Waals surface area (Å²) in [5.74, 6) is 0.175. The molecule has 0 fully saturated rings. The van der Waals surface area contributed by atoms with Crippen molar-refractivity contribution in [3.05, 3.63) is 57.3 Å². The van der Waals surface area contributed by atoms with Crippen LogP contribution in [-0.2, 0) is 7.05 Å². The van der Waals surface area contributed by atoms with Gasteiger partial charge >= 0.3 is 0 Å². The molecule has 4 nitrogen and oxygen atoms in total. The Labute approximate surface area is 154 Å². The molecule has 3 rings (SSSR count). The predicted molar refractivity (Wildman–Crippen MR) is 102 cm³/mol. The maximum atomic E-state index is 12.6. The number of hydrogen-bond donors (Lipinski definition) is 1. The fourth-order valence-electron chi connectivity index (χ4n) is 2.56. The van der Waals surface area contributed by atoms with Crippen LogP contribution in [0.3, 0.4) is 0 Å². The number of aromatic nitrogens is 2. The summed E-state index contributed by atoms with van der Waals surface area (Å²) in [4.78, 5) is 16.9. The highest BCUT2D eigenvalue weighted by Gasteiger charge is 2.18. The normalized spacial score (nSPS) is 11.2. The molecule has 2 heterocycles. The molecular weight excluding hydrogens is 390 g/mol. The number of nitrogens with one attached hydrogen (secondary N) is 1. The average molecular weight is 407 g/mol. The number of benzene rings is 1. The summed E-state index contributed by atoms with van der Waals surface area (Å²) in [5, 5.41) is 4.00. The molecule has 0 aliphatic carbocycles. The summed E-state index contributed by atoms with van der Waals surface area (Å²) in [5.41, 5.74) is 3.03. The fraction of sp³-hybridized carbons (Fsp3) is 0.222. The second-order valence-corrected chi connectivity index (χ2v) is 7.24. The third-order valence-electron chi connectivity index (χ3n) is 3.96. The van der Waals surface area contributed by atoms with E-state index in [-0.39, 0.29) is 5.91 Å². The van der Waals surface area contributed by atoms with Crippen molar-refractivity contribution in [3.8, 4) is 0 Å². The third kappa shape index (κ3) is 3.06. The zero-order valence-electron chi connectivity index (χ0n) is 13.6. The highest BCUT2D eigenvalue weighted by molar-refractivity contribution is 9.10. The van der Waals surface area contributed by atoms with Crippen LogP contribution in [-0.4, -0.2) is 15.5 Å². The molecule has 0 aliphatic heterocycles. The zero-order chi connectivity index (χ0) is 17.4. The standard InChI is InChI=1S/C18H17BrClN3O/c1-10(2)11-4-6-12(7-5-11)22-18(24)13-8-21-17-15(16(13)20)14(19)9-23(17)3/h4-10H,1-3H3,(H,22,24). The quantitative estimate of drug-likeness (QED) is 0.636. The van der Waals surface area contributed by atoms with E-state index in [0.29, 0.717) is 16.5 Å². The lowest BCUT2D eigenvalue weighted by atomic mass is 10.0. The molecule has 1 N–H and O–H groups in total. The fourth-order valence-corrected chi connectivity index (χ4v) is 3.68. The van der Waals surface area contributed by atoms with E-state index in [0.717, 1.165) is 21.2 Å². The van der Waals surface area contributed by atoms with Crippen LogP contribution in [0.5, 0.6) is 0 Å². The van der Waals surface area contributed by atoms with E-state index in [9.17, 15) is 4.79 Å². The number of nitrogens with zero attached hydrogens (tertiary/aromatic N) is 2. The van der Waals surface area contributed by atoms with E-state index in [4.69, 9.17) is 11.6 Å². The van der Waals surface area contributed by atoms with Crippen LogP contribution in [0.4, 0.5) is 5.69 Å². The Morgan fingerprint density at radius 2 is 1.96 bits per heavy atom. The number of hydrogen-bond acceptors (Lipinski definition) is 2. The van der Waals surface area contributed by atoms with Crippen molar-refractivity contribution in [1.29, 1.82) is 0 Å². The van der Waals surface area contributed by atoms with Crippen LogP contribution in [0.1, 0.15) is 35.7 Å². The summed E-state index contributed by atoms with van der Waals surface area (Å²) < 4.78 is 2.67. The minimum absolute atomic E-state index is 0.276. The van der Waals surface area contributed by atoms with Crippen LogP contribution < -0.4 is 5.32 Å². The van der Waals surface area contributed by atoms with Gasteiger partial charge in [-0.05, 0) is 39.5 Å². The van der Waals surface area contributed by atoms with Gasteiger partial charge in [0.05, 0.1) is 16.0 Å². The molecule has 24 heavy (non-hydrogen) atoms. The maximum Gasteiger partial charge on any atom is 0.258 e. The van der Waals surface area contributed by atoms with Crippen LogP contribution in [0.15, 0.2) is 41.1 Å². The van der Waals surface area contributed by atoms with Crippen molar-refractivity contribution < 1.29 is 4.79 Å². The molecule has 0 aliphatic rings. The van der Waals surface area contributed by atoms with Crippen molar-refractivity contribution >= 4 is 50.2 Å². The first-order chi connectivity index (χ1) is 11.4. The number of carbonyl (C=O) groups excluding carboxylic acids is 1. The van der Waals surface area contributed by atoms with Gasteiger partial charge in [0.1, 0.15) is 5.65 Å². The van der Waals surface area contributed by atoms with Crippen molar-refractivity contribution in [3.63, 3.8) is 0 Å². The van der Waals surface area contributed by atoms with Gasteiger partial charge in [0.25, 0.3) is 5.91 Å². The minimum Gasteiger partial charge on any atom is -0.334 e. The third-order valence-corrected chi connectivity index (χ3v) is 4.95. The first-order valence-electron chi connectivity index (χ1n) is 7.59. The van der Waals surface area contributed by atoms with Gasteiger partial charge in [-0.2, -0.15) is 0 Å². The van der Waals surface area contributed by atoms with Gasteiger partial charge in [0.2, 0.25) is 0 Å². The lowest BCUT2D eigenvalue weighted by molar-refractivity contribution is 0.102. The van der Waals surface area contributed by atoms with Gasteiger partial charge in [-0.25, -0.2) is 4.98 Å². The average Bonchev–Trinajstić information content (AvgIpc) is 2.83. The molecule has 0 radical (unpaired) electrons. The molecule has 124 valence electrons. The van der Waals surface area contributed by atoms with E-state index >= 15 is 0 Å². The highest BCUT2D eigenvalue weighted by Crippen LogP contribution is 2.33. The van der Waals surface area contributed by atoms with Crippen molar-refractivity contribution in [2.24, 2.45) is 7.05 Å². The van der Waals surface area contributed by atoms with E-state index in [1.807, 2.05) is 42.1 Å². The highest BCUT2D eigenvalue weighted by atomic mass is 79.9. The van der Waals surface area contributed by atoms with E-state index in [1.165, 1.54) is 11.8 Å². The zero-order valence-corrected chi connectivity index (χ0v) is 15.9. The molecule has 1 aromatic carbocycles. The number of carbonyl (C=O) groups is 1. The Morgan fingerprint density at radius 3 is 2.58 bits per heavy atom. The molecule has 0 atom stereocenters. The summed E-state index contributed by atoms with van der Waals surface area (Å²) >= 11 is 9.91. The Bertz CT molecular complexity index is 916. The topological polar surface area (TPSA) is 46.9 Å². The van der Waals surface area contributed by atoms with Gasteiger partial charge in [-0.3, -0.25) is 4.79 Å². The van der Waals surface area contributed by atoms with Gasteiger partial charge in [0, 0.05) is 29.6 Å². The molecular formula is C18H17BrClN3O. The molecule has 6 heteroatoms. The minimum atomic E-state index is -0.276. The number of aryl methyl sites for hydroxylation is 1. The Hall–Kier alpha value is -1.85. The van der Waals surface area contributed by atoms with Crippen molar-refractivity contribution in [1.82, 2.24) is 9.55 Å². The van der Waals surface area contributed by atoms with Crippen LogP contribution >= 0.6 is 27.5 Å². The lowest BCUT2D eigenvalue weighted by Crippen LogP contribution is -2.13. The van der Waals surface area contributed by atoms with Crippen molar-refractivity contribution in [2.75, 3.05) is 5.32 Å². The molecule has 0 spiro atoms. The van der Waals surface area contributed by atoms with Crippen LogP contribution in [0.2, 0.25) is 5.02 Å². The summed E-state index contributed by atoms with van der Waals surface area (Å²) in [6, 6.07) is 7.81. The first kappa shape index (κ1) is 17.0. The second kappa shape index (κ2) is 6.57. The number of rotatable bonds is 3. The summed E-state index contributed by atoms with van der Waals surface area (Å²) in [7, 11) is 1.88. The Kier molecular flexibility index (Phi) is 4.65. The van der Waals surface area contributed by atoms with Gasteiger partial charge < -0.3 is 9.88 Å². The number of anilines is 1. The Balaban J connectivity index is 1.91. The molecule has 0 saturated heterocycles. The molecule has 0 saturated carbocycles. The second-order valence-electron chi connectivity index (χ2n) is 6.00. The van der Waals surface area contributed by atoms with E-state index in [2.05, 4.69) is 40.1 Å². The van der Waals surface area contributed by atoms with E-state index < -0.39 is 0 Å². The smallest absolute Gasteiger partial charge is 0.258 e. The van der Waals surface area contributed by atoms with Gasteiger partial charge in [0.15, 0.2) is 0 Å². The lowest BCUT2D eigenvalue weighted by Gasteiger charge is -2.10. The SMILES string of the molecule is CC(C)c1ccc(NC(=O)c2cnc3c(c(Br)cn3C)c2Cl)cc1. The molecule has 2 aromatic heterocycles. The predicted octanol–water partition coefficient (Wildman–Crippen LogP) is 5.36. The summed E-state index contributed by atoms with van der Waals surface area (Å²) in [6.45, 7) is 4.26. The monoisotopic (exact) mass is 405 g/mol. The van der Waals surface area contributed by atoms with Crippen LogP contribution in [0, 0.1) is 0 Å². The molecule has 0 bridgehead atoms. The van der Waals surface area contributed by atoms with Crippen molar-refractivity contribution in [2.45, 2.75) is 19.8 Å². The Morgan fingerprint density at radius 1 is 1.29 bits per heavy atom. The first-order valence-corrected chi connectivity index (χ1v) is 8.76. The van der Waals surface area contributed by atoms with Crippen LogP contribution in [0.25, 0.3) is 11.0 Å². The maximum absolute atomic E-state index is 12.6. The molecule has 3 aromatic rings. The molecule has 1 amide bonds.